The van der Waals surface area contributed by atoms with Crippen molar-refractivity contribution in [2.24, 2.45) is 0 Å². The lowest BCUT2D eigenvalue weighted by Crippen LogP contribution is -2.55. The lowest BCUT2D eigenvalue weighted by molar-refractivity contribution is -0.132. The van der Waals surface area contributed by atoms with Gasteiger partial charge >= 0.3 is 6.09 Å². The number of hydrogen-bond acceptors (Lipinski definition) is 4. The van der Waals surface area contributed by atoms with Crippen LogP contribution in [0.1, 0.15) is 30.9 Å². The molecule has 0 N–H and O–H groups in total. The predicted molar refractivity (Wildman–Crippen MR) is 105 cm³/mol. The van der Waals surface area contributed by atoms with Crippen LogP contribution in [0, 0.1) is 6.92 Å². The monoisotopic (exact) mass is 373 g/mol. The summed E-state index contributed by atoms with van der Waals surface area (Å²) in [6.45, 7) is 9.27. The first-order valence-electron chi connectivity index (χ1n) is 10.1. The molecule has 2 saturated heterocycles. The molecule has 148 valence electrons. The molecule has 1 aromatic carbocycles. The first kappa shape index (κ1) is 19.7. The van der Waals surface area contributed by atoms with Gasteiger partial charge in [0.05, 0.1) is 13.0 Å². The summed E-state index contributed by atoms with van der Waals surface area (Å²) in [5.74, 6) is 0.220. The minimum absolute atomic E-state index is 0.192. The van der Waals surface area contributed by atoms with Crippen LogP contribution in [-0.4, -0.2) is 78.6 Å². The summed E-state index contributed by atoms with van der Waals surface area (Å²) < 4.78 is 5.09. The van der Waals surface area contributed by atoms with Crippen LogP contribution in [0.3, 0.4) is 0 Å². The van der Waals surface area contributed by atoms with Gasteiger partial charge in [-0.05, 0) is 32.3 Å². The molecule has 2 aliphatic rings. The molecule has 6 nitrogen and oxygen atoms in total. The van der Waals surface area contributed by atoms with Gasteiger partial charge in [-0.1, -0.05) is 29.8 Å². The number of carbonyl (C=O) groups is 2. The molecule has 0 unspecified atom stereocenters. The van der Waals surface area contributed by atoms with Gasteiger partial charge in [0.2, 0.25) is 5.91 Å². The Morgan fingerprint density at radius 3 is 2.37 bits per heavy atom. The van der Waals surface area contributed by atoms with E-state index in [0.29, 0.717) is 19.1 Å². The smallest absolute Gasteiger partial charge is 0.409 e. The van der Waals surface area contributed by atoms with Gasteiger partial charge in [0, 0.05) is 45.3 Å². The molecule has 2 amide bonds. The van der Waals surface area contributed by atoms with Crippen molar-refractivity contribution in [2.45, 2.75) is 39.2 Å². The van der Waals surface area contributed by atoms with E-state index in [-0.39, 0.29) is 12.0 Å². The molecule has 0 bridgehead atoms. The first-order chi connectivity index (χ1) is 13.1. The average Bonchev–Trinajstić information content (AvgIpc) is 2.68. The molecular formula is C21H31N3O3. The minimum atomic E-state index is -0.192. The van der Waals surface area contributed by atoms with Gasteiger partial charge in [-0.25, -0.2) is 4.79 Å². The van der Waals surface area contributed by atoms with E-state index >= 15 is 0 Å². The molecule has 0 saturated carbocycles. The zero-order chi connectivity index (χ0) is 19.2. The maximum Gasteiger partial charge on any atom is 0.409 e. The number of likely N-dealkylation sites (tertiary alicyclic amines) is 1. The summed E-state index contributed by atoms with van der Waals surface area (Å²) in [6.07, 6.45) is 2.26. The second-order valence-corrected chi connectivity index (χ2v) is 7.50. The van der Waals surface area contributed by atoms with Crippen LogP contribution in [-0.2, 0) is 16.0 Å². The summed E-state index contributed by atoms with van der Waals surface area (Å²) in [4.78, 5) is 30.7. The van der Waals surface area contributed by atoms with Gasteiger partial charge in [0.15, 0.2) is 0 Å². The molecule has 27 heavy (non-hydrogen) atoms. The lowest BCUT2D eigenvalue weighted by atomic mass is 10.0. The zero-order valence-electron chi connectivity index (χ0n) is 16.5. The van der Waals surface area contributed by atoms with Crippen molar-refractivity contribution in [1.29, 1.82) is 0 Å². The number of rotatable bonds is 4. The molecule has 0 atom stereocenters. The Morgan fingerprint density at radius 2 is 1.74 bits per heavy atom. The van der Waals surface area contributed by atoms with Crippen molar-refractivity contribution in [1.82, 2.24) is 14.7 Å². The van der Waals surface area contributed by atoms with Crippen molar-refractivity contribution >= 4 is 12.0 Å². The predicted octanol–water partition coefficient (Wildman–Crippen LogP) is 2.30. The Hall–Kier alpha value is -2.08. The second kappa shape index (κ2) is 9.22. The van der Waals surface area contributed by atoms with E-state index < -0.39 is 0 Å². The number of aryl methyl sites for hydroxylation is 1. The maximum atomic E-state index is 12.6. The Kier molecular flexibility index (Phi) is 6.72. The number of carbonyl (C=O) groups excluding carboxylic acids is 2. The molecule has 6 heteroatoms. The van der Waals surface area contributed by atoms with E-state index in [4.69, 9.17) is 4.74 Å². The fourth-order valence-corrected chi connectivity index (χ4v) is 4.07. The molecule has 2 heterocycles. The molecule has 0 aliphatic carbocycles. The summed E-state index contributed by atoms with van der Waals surface area (Å²) >= 11 is 0. The fourth-order valence-electron chi connectivity index (χ4n) is 4.07. The molecule has 0 spiro atoms. The fraction of sp³-hybridized carbons (Fsp3) is 0.619. The summed E-state index contributed by atoms with van der Waals surface area (Å²) in [5.41, 5.74) is 2.29. The SMILES string of the molecule is CCOC(=O)N1CCC(N2CCN(C(=O)Cc3cccc(C)c3)CC2)CC1. The molecule has 2 fully saturated rings. The Labute approximate surface area is 162 Å². The number of nitrogens with zero attached hydrogens (tertiary/aromatic N) is 3. The number of piperazine rings is 1. The van der Waals surface area contributed by atoms with Gasteiger partial charge in [-0.2, -0.15) is 0 Å². The van der Waals surface area contributed by atoms with E-state index in [9.17, 15) is 9.59 Å². The Balaban J connectivity index is 1.42. The van der Waals surface area contributed by atoms with Gasteiger partial charge < -0.3 is 14.5 Å². The van der Waals surface area contributed by atoms with E-state index in [1.807, 2.05) is 28.9 Å². The van der Waals surface area contributed by atoms with Crippen LogP contribution < -0.4 is 0 Å². The maximum absolute atomic E-state index is 12.6. The van der Waals surface area contributed by atoms with Crippen molar-refractivity contribution in [3.63, 3.8) is 0 Å². The average molecular weight is 373 g/mol. The van der Waals surface area contributed by atoms with Gasteiger partial charge in [0.25, 0.3) is 0 Å². The highest BCUT2D eigenvalue weighted by Gasteiger charge is 2.30. The van der Waals surface area contributed by atoms with Crippen molar-refractivity contribution in [3.05, 3.63) is 35.4 Å². The standard InChI is InChI=1S/C21H31N3O3/c1-3-27-21(26)24-9-7-19(8-10-24)22-11-13-23(14-12-22)20(25)16-18-6-4-5-17(2)15-18/h4-6,15,19H,3,7-14,16H2,1-2H3. The molecule has 3 rings (SSSR count). The molecular weight excluding hydrogens is 342 g/mol. The molecule has 0 aromatic heterocycles. The number of ether oxygens (including phenoxy) is 1. The highest BCUT2D eigenvalue weighted by molar-refractivity contribution is 5.79. The van der Waals surface area contributed by atoms with Crippen LogP contribution in [0.2, 0.25) is 0 Å². The van der Waals surface area contributed by atoms with Crippen molar-refractivity contribution < 1.29 is 14.3 Å². The summed E-state index contributed by atoms with van der Waals surface area (Å²) in [6, 6.07) is 8.69. The second-order valence-electron chi connectivity index (χ2n) is 7.50. The normalized spacial score (nSPS) is 19.2. The van der Waals surface area contributed by atoms with Crippen LogP contribution in [0.15, 0.2) is 24.3 Å². The quantitative estimate of drug-likeness (QED) is 0.813. The largest absolute Gasteiger partial charge is 0.450 e. The minimum Gasteiger partial charge on any atom is -0.450 e. The van der Waals surface area contributed by atoms with Crippen LogP contribution in [0.4, 0.5) is 4.79 Å². The highest BCUT2D eigenvalue weighted by Crippen LogP contribution is 2.19. The van der Waals surface area contributed by atoms with Gasteiger partial charge in [-0.3, -0.25) is 9.69 Å². The third-order valence-corrected chi connectivity index (χ3v) is 5.61. The third-order valence-electron chi connectivity index (χ3n) is 5.61. The zero-order valence-corrected chi connectivity index (χ0v) is 16.5. The summed E-state index contributed by atoms with van der Waals surface area (Å²) in [7, 11) is 0. The van der Waals surface area contributed by atoms with Crippen LogP contribution in [0.25, 0.3) is 0 Å². The lowest BCUT2D eigenvalue weighted by Gasteiger charge is -2.42. The van der Waals surface area contributed by atoms with Crippen LogP contribution >= 0.6 is 0 Å². The van der Waals surface area contributed by atoms with Gasteiger partial charge in [0.1, 0.15) is 0 Å². The number of hydrogen-bond donors (Lipinski definition) is 0. The topological polar surface area (TPSA) is 53.1 Å². The molecule has 0 radical (unpaired) electrons. The first-order valence-corrected chi connectivity index (χ1v) is 10.1. The number of benzene rings is 1. The Morgan fingerprint density at radius 1 is 1.04 bits per heavy atom. The number of piperidine rings is 1. The molecule has 2 aliphatic heterocycles. The van der Waals surface area contributed by atoms with Gasteiger partial charge in [-0.15, -0.1) is 0 Å². The van der Waals surface area contributed by atoms with Crippen molar-refractivity contribution in [2.75, 3.05) is 45.9 Å². The van der Waals surface area contributed by atoms with E-state index in [1.54, 1.807) is 0 Å². The van der Waals surface area contributed by atoms with E-state index in [0.717, 1.165) is 57.7 Å². The molecule has 1 aromatic rings. The summed E-state index contributed by atoms with van der Waals surface area (Å²) in [5, 5.41) is 0. The highest BCUT2D eigenvalue weighted by atomic mass is 16.6. The van der Waals surface area contributed by atoms with Crippen LogP contribution in [0.5, 0.6) is 0 Å². The third kappa shape index (κ3) is 5.22. The van der Waals surface area contributed by atoms with E-state index in [1.165, 1.54) is 5.56 Å². The van der Waals surface area contributed by atoms with E-state index in [2.05, 4.69) is 24.0 Å². The Bertz CT molecular complexity index is 648. The number of amides is 2. The van der Waals surface area contributed by atoms with Crippen molar-refractivity contribution in [3.8, 4) is 0 Å².